The minimum atomic E-state index is -1.35. The molecule has 0 aromatic heterocycles. The number of hydrogen-bond donors (Lipinski definition) is 2. The lowest BCUT2D eigenvalue weighted by molar-refractivity contribution is -0.146. The Bertz CT molecular complexity index is 763. The number of aliphatic hydroxyl groups excluding tert-OH is 1. The maximum absolute atomic E-state index is 12.4. The number of carbonyl (C=O) groups is 2. The SMILES string of the molecule is COC(=O)[C@H](Cc1ccc(C(C)(C)C)cc1)NC(=O)[C@@H](O)c1ccccc1. The molecule has 0 unspecified atom stereocenters. The number of esters is 1. The van der Waals surface area contributed by atoms with Gasteiger partial charge in [0.15, 0.2) is 6.10 Å². The van der Waals surface area contributed by atoms with E-state index in [-0.39, 0.29) is 11.8 Å². The third-order valence-electron chi connectivity index (χ3n) is 4.43. The molecule has 0 spiro atoms. The van der Waals surface area contributed by atoms with Crippen LogP contribution in [-0.4, -0.2) is 30.1 Å². The van der Waals surface area contributed by atoms with Gasteiger partial charge in [0.25, 0.3) is 5.91 Å². The van der Waals surface area contributed by atoms with Gasteiger partial charge in [-0.1, -0.05) is 75.4 Å². The number of benzene rings is 2. The fraction of sp³-hybridized carbons (Fsp3) is 0.364. The van der Waals surface area contributed by atoms with Crippen LogP contribution in [0.1, 0.15) is 43.6 Å². The Balaban J connectivity index is 2.11. The van der Waals surface area contributed by atoms with E-state index in [9.17, 15) is 14.7 Å². The zero-order valence-corrected chi connectivity index (χ0v) is 16.2. The van der Waals surface area contributed by atoms with Gasteiger partial charge in [-0.3, -0.25) is 4.79 Å². The van der Waals surface area contributed by atoms with Crippen molar-refractivity contribution in [3.8, 4) is 0 Å². The Labute approximate surface area is 160 Å². The molecule has 0 fully saturated rings. The van der Waals surface area contributed by atoms with E-state index in [2.05, 4.69) is 26.1 Å². The maximum Gasteiger partial charge on any atom is 0.328 e. The molecule has 0 heterocycles. The summed E-state index contributed by atoms with van der Waals surface area (Å²) in [6.07, 6.45) is -1.06. The van der Waals surface area contributed by atoms with Crippen molar-refractivity contribution < 1.29 is 19.4 Å². The standard InChI is InChI=1S/C22H27NO4/c1-22(2,3)17-12-10-15(11-13-17)14-18(21(26)27-4)23-20(25)19(24)16-8-6-5-7-9-16/h5-13,18-19,24H,14H2,1-4H3,(H,23,25)/t18-,19-/m0/s1. The molecule has 0 bridgehead atoms. The molecule has 0 radical (unpaired) electrons. The number of methoxy groups -OCH3 is 1. The highest BCUT2D eigenvalue weighted by atomic mass is 16.5. The van der Waals surface area contributed by atoms with Gasteiger partial charge in [-0.05, 0) is 22.1 Å². The van der Waals surface area contributed by atoms with E-state index in [4.69, 9.17) is 4.74 Å². The first-order valence-corrected chi connectivity index (χ1v) is 8.93. The lowest BCUT2D eigenvalue weighted by atomic mass is 9.86. The maximum atomic E-state index is 12.4. The fourth-order valence-corrected chi connectivity index (χ4v) is 2.75. The molecule has 0 aliphatic rings. The van der Waals surface area contributed by atoms with Gasteiger partial charge in [0.2, 0.25) is 0 Å². The first-order chi connectivity index (χ1) is 12.7. The lowest BCUT2D eigenvalue weighted by Crippen LogP contribution is -2.45. The minimum Gasteiger partial charge on any atom is -0.467 e. The van der Waals surface area contributed by atoms with Crippen molar-refractivity contribution in [1.29, 1.82) is 0 Å². The van der Waals surface area contributed by atoms with Gasteiger partial charge in [-0.2, -0.15) is 0 Å². The molecule has 2 aromatic carbocycles. The fourth-order valence-electron chi connectivity index (χ4n) is 2.75. The third kappa shape index (κ3) is 5.66. The smallest absolute Gasteiger partial charge is 0.328 e. The van der Waals surface area contributed by atoms with Crippen molar-refractivity contribution in [2.24, 2.45) is 0 Å². The van der Waals surface area contributed by atoms with Crippen LogP contribution in [0.3, 0.4) is 0 Å². The molecule has 5 heteroatoms. The van der Waals surface area contributed by atoms with Crippen LogP contribution in [0.2, 0.25) is 0 Å². The zero-order valence-electron chi connectivity index (χ0n) is 16.2. The molecule has 2 N–H and O–H groups in total. The summed E-state index contributed by atoms with van der Waals surface area (Å²) in [6, 6.07) is 15.6. The quantitative estimate of drug-likeness (QED) is 0.768. The lowest BCUT2D eigenvalue weighted by Gasteiger charge is -2.21. The molecule has 27 heavy (non-hydrogen) atoms. The second kappa shape index (κ2) is 8.82. The van der Waals surface area contributed by atoms with E-state index in [1.165, 1.54) is 12.7 Å². The number of nitrogens with one attached hydrogen (secondary N) is 1. The summed E-state index contributed by atoms with van der Waals surface area (Å²) in [5, 5.41) is 12.8. The molecular formula is C22H27NO4. The van der Waals surface area contributed by atoms with Gasteiger partial charge in [-0.15, -0.1) is 0 Å². The summed E-state index contributed by atoms with van der Waals surface area (Å²) in [4.78, 5) is 24.5. The summed E-state index contributed by atoms with van der Waals surface area (Å²) in [5.41, 5.74) is 2.58. The van der Waals surface area contributed by atoms with Gasteiger partial charge in [0.05, 0.1) is 7.11 Å². The van der Waals surface area contributed by atoms with Crippen molar-refractivity contribution in [3.05, 3.63) is 71.3 Å². The Morgan fingerprint density at radius 2 is 1.63 bits per heavy atom. The first kappa shape index (κ1) is 20.6. The van der Waals surface area contributed by atoms with E-state index < -0.39 is 24.0 Å². The van der Waals surface area contributed by atoms with Crippen LogP contribution >= 0.6 is 0 Å². The summed E-state index contributed by atoms with van der Waals surface area (Å²) in [7, 11) is 1.28. The molecule has 0 aliphatic heterocycles. The number of rotatable bonds is 6. The largest absolute Gasteiger partial charge is 0.467 e. The van der Waals surface area contributed by atoms with Crippen molar-refractivity contribution in [2.45, 2.75) is 44.8 Å². The van der Waals surface area contributed by atoms with Gasteiger partial charge >= 0.3 is 5.97 Å². The van der Waals surface area contributed by atoms with Crippen molar-refractivity contribution >= 4 is 11.9 Å². The molecule has 144 valence electrons. The number of ether oxygens (including phenoxy) is 1. The summed E-state index contributed by atoms with van der Waals surface area (Å²) < 4.78 is 4.81. The van der Waals surface area contributed by atoms with Crippen molar-refractivity contribution in [2.75, 3.05) is 7.11 Å². The normalized spacial score (nSPS) is 13.5. The minimum absolute atomic E-state index is 0.0360. The monoisotopic (exact) mass is 369 g/mol. The van der Waals surface area contributed by atoms with E-state index in [0.717, 1.165) is 5.56 Å². The molecule has 2 atom stereocenters. The Morgan fingerprint density at radius 1 is 1.04 bits per heavy atom. The average Bonchev–Trinajstić information content (AvgIpc) is 2.66. The predicted octanol–water partition coefficient (Wildman–Crippen LogP) is 2.92. The molecule has 0 saturated carbocycles. The molecule has 1 amide bonds. The predicted molar refractivity (Wildman–Crippen MR) is 104 cm³/mol. The molecule has 0 aliphatic carbocycles. The van der Waals surface area contributed by atoms with Crippen LogP contribution in [0.4, 0.5) is 0 Å². The average molecular weight is 369 g/mol. The molecule has 5 nitrogen and oxygen atoms in total. The van der Waals surface area contributed by atoms with E-state index in [1.807, 2.05) is 24.3 Å². The summed E-state index contributed by atoms with van der Waals surface area (Å²) >= 11 is 0. The van der Waals surface area contributed by atoms with E-state index in [0.29, 0.717) is 5.56 Å². The number of hydrogen-bond acceptors (Lipinski definition) is 4. The first-order valence-electron chi connectivity index (χ1n) is 8.93. The number of carbonyl (C=O) groups excluding carboxylic acids is 2. The number of aliphatic hydroxyl groups is 1. The number of amides is 1. The van der Waals surface area contributed by atoms with Crippen LogP contribution in [-0.2, 0) is 26.2 Å². The van der Waals surface area contributed by atoms with Gasteiger partial charge in [0, 0.05) is 6.42 Å². The molecular weight excluding hydrogens is 342 g/mol. The highest BCUT2D eigenvalue weighted by Gasteiger charge is 2.26. The summed E-state index contributed by atoms with van der Waals surface area (Å²) in [6.45, 7) is 6.39. The second-order valence-corrected chi connectivity index (χ2v) is 7.55. The Morgan fingerprint density at radius 3 is 2.15 bits per heavy atom. The van der Waals surface area contributed by atoms with E-state index >= 15 is 0 Å². The van der Waals surface area contributed by atoms with Gasteiger partial charge < -0.3 is 15.2 Å². The van der Waals surface area contributed by atoms with Crippen LogP contribution in [0.15, 0.2) is 54.6 Å². The third-order valence-corrected chi connectivity index (χ3v) is 4.43. The topological polar surface area (TPSA) is 75.6 Å². The van der Waals surface area contributed by atoms with Gasteiger partial charge in [0.1, 0.15) is 6.04 Å². The summed E-state index contributed by atoms with van der Waals surface area (Å²) in [5.74, 6) is -1.19. The van der Waals surface area contributed by atoms with E-state index in [1.54, 1.807) is 30.3 Å². The Hall–Kier alpha value is -2.66. The van der Waals surface area contributed by atoms with Crippen LogP contribution in [0, 0.1) is 0 Å². The molecule has 2 rings (SSSR count). The van der Waals surface area contributed by atoms with Crippen molar-refractivity contribution in [1.82, 2.24) is 5.32 Å². The van der Waals surface area contributed by atoms with Crippen LogP contribution < -0.4 is 5.32 Å². The van der Waals surface area contributed by atoms with Crippen LogP contribution in [0.25, 0.3) is 0 Å². The second-order valence-electron chi connectivity index (χ2n) is 7.55. The highest BCUT2D eigenvalue weighted by Crippen LogP contribution is 2.22. The highest BCUT2D eigenvalue weighted by molar-refractivity contribution is 5.87. The van der Waals surface area contributed by atoms with Crippen LogP contribution in [0.5, 0.6) is 0 Å². The molecule has 2 aromatic rings. The Kier molecular flexibility index (Phi) is 6.75. The molecule has 0 saturated heterocycles. The van der Waals surface area contributed by atoms with Gasteiger partial charge in [-0.25, -0.2) is 4.79 Å². The van der Waals surface area contributed by atoms with Crippen molar-refractivity contribution in [3.63, 3.8) is 0 Å². The zero-order chi connectivity index (χ0) is 20.0.